The maximum Gasteiger partial charge on any atom is 0.183 e. The van der Waals surface area contributed by atoms with E-state index in [0.717, 1.165) is 0 Å². The number of hydrogen-bond donors (Lipinski definition) is 0. The lowest BCUT2D eigenvalue weighted by molar-refractivity contribution is -0.272. The van der Waals surface area contributed by atoms with Gasteiger partial charge in [0.25, 0.3) is 0 Å². The van der Waals surface area contributed by atoms with Crippen LogP contribution in [0.2, 0.25) is 0 Å². The Balaban J connectivity index is 4.24. The second-order valence-electron chi connectivity index (χ2n) is 3.35. The van der Waals surface area contributed by atoms with E-state index in [1.54, 1.807) is 14.2 Å². The van der Waals surface area contributed by atoms with Gasteiger partial charge in [-0.25, -0.2) is 0 Å². The fourth-order valence-electron chi connectivity index (χ4n) is 1.14. The van der Waals surface area contributed by atoms with E-state index >= 15 is 0 Å². The van der Waals surface area contributed by atoms with E-state index in [1.165, 1.54) is 0 Å². The van der Waals surface area contributed by atoms with Crippen LogP contribution in [0.4, 0.5) is 0 Å². The third-order valence-electron chi connectivity index (χ3n) is 2.06. The van der Waals surface area contributed by atoms with Crippen LogP contribution < -0.4 is 0 Å². The fraction of sp³-hybridized carbons (Fsp3) is 1.00. The van der Waals surface area contributed by atoms with Crippen LogP contribution in [0, 0.1) is 0 Å². The molecule has 4 nitrogen and oxygen atoms in total. The number of rotatable bonds is 8. The molecule has 0 bridgehead atoms. The minimum atomic E-state index is -0.659. The van der Waals surface area contributed by atoms with Crippen LogP contribution in [-0.2, 0) is 18.9 Å². The number of alkyl halides is 1. The molecule has 0 rings (SSSR count). The third-order valence-corrected chi connectivity index (χ3v) is 3.07. The number of hydrogen-bond acceptors (Lipinski definition) is 4. The molecule has 92 valence electrons. The zero-order valence-electron chi connectivity index (χ0n) is 10.1. The maximum atomic E-state index is 5.72. The van der Waals surface area contributed by atoms with Crippen molar-refractivity contribution in [2.45, 2.75) is 39.0 Å². The Labute approximate surface area is 100 Å². The monoisotopic (exact) mass is 284 g/mol. The molecule has 0 spiro atoms. The fourth-order valence-corrected chi connectivity index (χ4v) is 1.50. The molecule has 15 heavy (non-hydrogen) atoms. The van der Waals surface area contributed by atoms with E-state index < -0.39 is 5.79 Å². The van der Waals surface area contributed by atoms with Gasteiger partial charge in [0.05, 0.1) is 5.33 Å². The maximum absolute atomic E-state index is 5.72. The van der Waals surface area contributed by atoms with E-state index in [2.05, 4.69) is 15.9 Å². The summed E-state index contributed by atoms with van der Waals surface area (Å²) in [5.41, 5.74) is 0. The van der Waals surface area contributed by atoms with E-state index in [9.17, 15) is 0 Å². The van der Waals surface area contributed by atoms with Crippen LogP contribution in [0.25, 0.3) is 0 Å². The first-order valence-corrected chi connectivity index (χ1v) is 6.08. The highest BCUT2D eigenvalue weighted by Gasteiger charge is 2.29. The molecule has 0 aliphatic rings. The lowest BCUT2D eigenvalue weighted by atomic mass is 10.3. The molecule has 3 atom stereocenters. The summed E-state index contributed by atoms with van der Waals surface area (Å²) in [6, 6.07) is 0. The summed E-state index contributed by atoms with van der Waals surface area (Å²) in [4.78, 5) is 0. The van der Waals surface area contributed by atoms with Crippen molar-refractivity contribution < 1.29 is 18.9 Å². The molecule has 0 amide bonds. The predicted molar refractivity (Wildman–Crippen MR) is 62.2 cm³/mol. The molecule has 5 heteroatoms. The third kappa shape index (κ3) is 5.26. The Bertz CT molecular complexity index is 162. The second kappa shape index (κ2) is 7.57. The summed E-state index contributed by atoms with van der Waals surface area (Å²) in [5.74, 6) is -0.659. The molecule has 0 unspecified atom stereocenters. The van der Waals surface area contributed by atoms with Gasteiger partial charge in [-0.1, -0.05) is 15.9 Å². The van der Waals surface area contributed by atoms with Crippen LogP contribution >= 0.6 is 15.9 Å². The van der Waals surface area contributed by atoms with Gasteiger partial charge < -0.3 is 18.9 Å². The normalized spacial score (nSPS) is 19.6. The summed E-state index contributed by atoms with van der Waals surface area (Å²) < 4.78 is 21.5. The Morgan fingerprint density at radius 3 is 2.27 bits per heavy atom. The summed E-state index contributed by atoms with van der Waals surface area (Å²) >= 11 is 3.34. The minimum Gasteiger partial charge on any atom is -0.353 e. The van der Waals surface area contributed by atoms with Gasteiger partial charge in [0.15, 0.2) is 12.1 Å². The first-order chi connectivity index (χ1) is 7.02. The molecule has 0 radical (unpaired) electrons. The van der Waals surface area contributed by atoms with Crippen LogP contribution in [0.3, 0.4) is 0 Å². The van der Waals surface area contributed by atoms with Crippen molar-refractivity contribution in [1.82, 2.24) is 0 Å². The zero-order chi connectivity index (χ0) is 11.9. The molecular formula is C10H21BrO4. The second-order valence-corrected chi connectivity index (χ2v) is 3.91. The summed E-state index contributed by atoms with van der Waals surface area (Å²) in [6.07, 6.45) is -0.569. The van der Waals surface area contributed by atoms with Gasteiger partial charge in [-0.2, -0.15) is 0 Å². The Morgan fingerprint density at radius 2 is 1.93 bits per heavy atom. The van der Waals surface area contributed by atoms with Crippen LogP contribution in [0.5, 0.6) is 0 Å². The number of ether oxygens (including phenoxy) is 4. The molecule has 0 saturated carbocycles. The van der Waals surface area contributed by atoms with Crippen molar-refractivity contribution in [1.29, 1.82) is 0 Å². The van der Waals surface area contributed by atoms with Crippen LogP contribution in [-0.4, -0.2) is 44.3 Å². The molecular weight excluding hydrogens is 264 g/mol. The van der Waals surface area contributed by atoms with Crippen molar-refractivity contribution in [2.75, 3.05) is 26.2 Å². The van der Waals surface area contributed by atoms with Crippen molar-refractivity contribution in [2.24, 2.45) is 0 Å². The summed E-state index contributed by atoms with van der Waals surface area (Å²) in [7, 11) is 3.20. The van der Waals surface area contributed by atoms with Gasteiger partial charge in [0.2, 0.25) is 0 Å². The van der Waals surface area contributed by atoms with Gasteiger partial charge >= 0.3 is 0 Å². The molecule has 0 aromatic heterocycles. The van der Waals surface area contributed by atoms with Crippen molar-refractivity contribution in [3.8, 4) is 0 Å². The summed E-state index contributed by atoms with van der Waals surface area (Å²) in [6.45, 7) is 6.25. The highest BCUT2D eigenvalue weighted by molar-refractivity contribution is 9.09. The number of halogens is 1. The lowest BCUT2D eigenvalue weighted by Crippen LogP contribution is -2.42. The highest BCUT2D eigenvalue weighted by Crippen LogP contribution is 2.19. The van der Waals surface area contributed by atoms with E-state index in [0.29, 0.717) is 11.9 Å². The van der Waals surface area contributed by atoms with E-state index in [4.69, 9.17) is 18.9 Å². The van der Waals surface area contributed by atoms with Crippen molar-refractivity contribution in [3.63, 3.8) is 0 Å². The quantitative estimate of drug-likeness (QED) is 0.506. The smallest absolute Gasteiger partial charge is 0.183 e. The Morgan fingerprint density at radius 1 is 1.33 bits per heavy atom. The Hall–Kier alpha value is 0.320. The molecule has 0 aliphatic heterocycles. The molecule has 0 N–H and O–H groups in total. The van der Waals surface area contributed by atoms with Gasteiger partial charge in [-0.15, -0.1) is 0 Å². The molecule has 0 aliphatic carbocycles. The van der Waals surface area contributed by atoms with Crippen molar-refractivity contribution in [3.05, 3.63) is 0 Å². The van der Waals surface area contributed by atoms with Gasteiger partial charge in [0.1, 0.15) is 6.10 Å². The molecule has 0 saturated heterocycles. The first-order valence-electron chi connectivity index (χ1n) is 4.96. The average Bonchev–Trinajstić information content (AvgIpc) is 2.25. The standard InChI is InChI=1S/C10H21BrO4/c1-6-14-9(12-4)8(2)15-10(3,7-11)13-5/h8-9H,6-7H2,1-5H3/t8-,9-,10+/m0/s1. The Kier molecular flexibility index (Phi) is 7.73. The average molecular weight is 285 g/mol. The molecule has 0 aromatic carbocycles. The number of methoxy groups -OCH3 is 2. The van der Waals surface area contributed by atoms with Gasteiger partial charge in [0, 0.05) is 20.8 Å². The van der Waals surface area contributed by atoms with Crippen LogP contribution in [0.1, 0.15) is 20.8 Å². The van der Waals surface area contributed by atoms with Crippen molar-refractivity contribution >= 4 is 15.9 Å². The SMILES string of the molecule is CCO[C@H](OC)[C@H](C)O[C@](C)(CBr)OC. The predicted octanol–water partition coefficient (Wildman–Crippen LogP) is 2.16. The molecule has 0 fully saturated rings. The topological polar surface area (TPSA) is 36.9 Å². The molecule has 0 aromatic rings. The van der Waals surface area contributed by atoms with Gasteiger partial charge in [-0.05, 0) is 20.8 Å². The zero-order valence-corrected chi connectivity index (χ0v) is 11.7. The highest BCUT2D eigenvalue weighted by atomic mass is 79.9. The minimum absolute atomic E-state index is 0.197. The summed E-state index contributed by atoms with van der Waals surface area (Å²) in [5, 5.41) is 0.587. The largest absolute Gasteiger partial charge is 0.353 e. The van der Waals surface area contributed by atoms with E-state index in [1.807, 2.05) is 20.8 Å². The first kappa shape index (κ1) is 15.3. The lowest BCUT2D eigenvalue weighted by Gasteiger charge is -2.32. The molecule has 0 heterocycles. The van der Waals surface area contributed by atoms with Gasteiger partial charge in [-0.3, -0.25) is 0 Å². The van der Waals surface area contributed by atoms with Crippen LogP contribution in [0.15, 0.2) is 0 Å². The van der Waals surface area contributed by atoms with E-state index in [-0.39, 0.29) is 12.4 Å².